The summed E-state index contributed by atoms with van der Waals surface area (Å²) in [4.78, 5) is 11.3. The van der Waals surface area contributed by atoms with Crippen LogP contribution in [0.3, 0.4) is 0 Å². The maximum absolute atomic E-state index is 14.9. The molecule has 1 aliphatic carbocycles. The minimum absolute atomic E-state index is 0.0156. The first-order valence-electron chi connectivity index (χ1n) is 8.47. The number of nitrogens with one attached hydrogen (secondary N) is 2. The number of hydrogen-bond acceptors (Lipinski definition) is 5. The highest BCUT2D eigenvalue weighted by atomic mass is 19.1. The first-order valence-corrected chi connectivity index (χ1v) is 8.47. The Labute approximate surface area is 144 Å². The molecule has 0 aliphatic heterocycles. The van der Waals surface area contributed by atoms with E-state index in [4.69, 9.17) is 5.73 Å². The van der Waals surface area contributed by atoms with Crippen molar-refractivity contribution in [3.05, 3.63) is 30.2 Å². The van der Waals surface area contributed by atoms with E-state index in [0.717, 1.165) is 31.4 Å². The fourth-order valence-electron chi connectivity index (χ4n) is 3.48. The number of aromatic hydroxyl groups is 1. The first-order chi connectivity index (χ1) is 12.0. The quantitative estimate of drug-likeness (QED) is 0.584. The number of pyridine rings is 1. The van der Waals surface area contributed by atoms with Crippen molar-refractivity contribution in [1.82, 2.24) is 19.5 Å². The highest BCUT2D eigenvalue weighted by molar-refractivity contribution is 5.95. The number of aromatic amines is 1. The number of anilines is 1. The molecule has 5 N–H and O–H groups in total. The molecule has 0 unspecified atom stereocenters. The third kappa shape index (κ3) is 2.72. The molecule has 3 aromatic heterocycles. The summed E-state index contributed by atoms with van der Waals surface area (Å²) in [6.07, 6.45) is 8.78. The number of nitrogens with zero attached hydrogens (tertiary/aromatic N) is 3. The Hall–Kier alpha value is -2.61. The van der Waals surface area contributed by atoms with Crippen LogP contribution < -0.4 is 11.1 Å². The van der Waals surface area contributed by atoms with E-state index in [-0.39, 0.29) is 29.2 Å². The van der Waals surface area contributed by atoms with Gasteiger partial charge in [-0.15, -0.1) is 0 Å². The number of halogens is 1. The van der Waals surface area contributed by atoms with Gasteiger partial charge in [0.05, 0.1) is 11.1 Å². The third-order valence-corrected chi connectivity index (χ3v) is 4.84. The SMILES string of the molecule is Cc1cn(-c2nc(N[C@@H]3CCCC[C@@H]3N)c(F)c3c[nH]c(O)c23)cn1. The van der Waals surface area contributed by atoms with Crippen LogP contribution in [-0.2, 0) is 0 Å². The number of aromatic nitrogens is 4. The molecule has 3 aromatic rings. The standard InChI is InChI=1S/C17H21FN6O/c1-9-7-24(8-21-9)16-13-10(6-20-17(13)25)14(18)15(23-16)22-12-5-3-2-4-11(12)19/h6-8,11-12,20,22,25H,2-5,19H2,1H3/t11-,12+/m0/s1. The van der Waals surface area contributed by atoms with E-state index in [0.29, 0.717) is 11.2 Å². The van der Waals surface area contributed by atoms with Gasteiger partial charge in [-0.2, -0.15) is 0 Å². The Morgan fingerprint density at radius 2 is 2.20 bits per heavy atom. The van der Waals surface area contributed by atoms with Gasteiger partial charge in [0.15, 0.2) is 23.3 Å². The van der Waals surface area contributed by atoms with Gasteiger partial charge in [-0.05, 0) is 19.8 Å². The highest BCUT2D eigenvalue weighted by Gasteiger charge is 2.25. The molecule has 0 saturated heterocycles. The van der Waals surface area contributed by atoms with Gasteiger partial charge in [0, 0.05) is 29.9 Å². The van der Waals surface area contributed by atoms with Crippen molar-refractivity contribution in [3.63, 3.8) is 0 Å². The Bertz CT molecular complexity index is 917. The van der Waals surface area contributed by atoms with Crippen LogP contribution in [-0.4, -0.2) is 36.7 Å². The van der Waals surface area contributed by atoms with E-state index in [1.165, 1.54) is 6.20 Å². The predicted octanol–water partition coefficient (Wildman–Crippen LogP) is 2.58. The summed E-state index contributed by atoms with van der Waals surface area (Å²) in [5.74, 6) is -0.0496. The topological polar surface area (TPSA) is 105 Å². The Morgan fingerprint density at radius 1 is 1.40 bits per heavy atom. The summed E-state index contributed by atoms with van der Waals surface area (Å²) in [5.41, 5.74) is 6.98. The van der Waals surface area contributed by atoms with Crippen LogP contribution in [0.4, 0.5) is 10.2 Å². The molecule has 0 radical (unpaired) electrons. The zero-order valence-electron chi connectivity index (χ0n) is 14.0. The second-order valence-corrected chi connectivity index (χ2v) is 6.65. The van der Waals surface area contributed by atoms with E-state index in [9.17, 15) is 9.50 Å². The van der Waals surface area contributed by atoms with E-state index >= 15 is 0 Å². The predicted molar refractivity (Wildman–Crippen MR) is 93.4 cm³/mol. The molecule has 8 heteroatoms. The van der Waals surface area contributed by atoms with E-state index < -0.39 is 5.82 Å². The number of rotatable bonds is 3. The minimum Gasteiger partial charge on any atom is -0.494 e. The van der Waals surface area contributed by atoms with Crippen LogP contribution in [0.25, 0.3) is 16.6 Å². The van der Waals surface area contributed by atoms with Crippen molar-refractivity contribution in [2.45, 2.75) is 44.7 Å². The summed E-state index contributed by atoms with van der Waals surface area (Å²) in [6.45, 7) is 1.86. The molecule has 0 amide bonds. The second kappa shape index (κ2) is 6.03. The molecule has 2 atom stereocenters. The zero-order valence-corrected chi connectivity index (χ0v) is 14.0. The monoisotopic (exact) mass is 344 g/mol. The van der Waals surface area contributed by atoms with Gasteiger partial charge < -0.3 is 21.1 Å². The number of imidazole rings is 1. The van der Waals surface area contributed by atoms with Crippen LogP contribution in [0, 0.1) is 12.7 Å². The molecule has 1 fully saturated rings. The summed E-state index contributed by atoms with van der Waals surface area (Å²) >= 11 is 0. The highest BCUT2D eigenvalue weighted by Crippen LogP contribution is 2.34. The second-order valence-electron chi connectivity index (χ2n) is 6.65. The maximum atomic E-state index is 14.9. The van der Waals surface area contributed by atoms with Crippen LogP contribution in [0.5, 0.6) is 5.88 Å². The lowest BCUT2D eigenvalue weighted by Gasteiger charge is -2.30. The van der Waals surface area contributed by atoms with Crippen LogP contribution >= 0.6 is 0 Å². The molecule has 0 aromatic carbocycles. The van der Waals surface area contributed by atoms with Crippen molar-refractivity contribution in [1.29, 1.82) is 0 Å². The number of nitrogens with two attached hydrogens (primary N) is 1. The fourth-order valence-corrected chi connectivity index (χ4v) is 3.48. The van der Waals surface area contributed by atoms with Crippen molar-refractivity contribution in [3.8, 4) is 11.7 Å². The van der Waals surface area contributed by atoms with Gasteiger partial charge in [-0.1, -0.05) is 12.8 Å². The zero-order chi connectivity index (χ0) is 17.6. The van der Waals surface area contributed by atoms with E-state index in [2.05, 4.69) is 20.3 Å². The van der Waals surface area contributed by atoms with Crippen molar-refractivity contribution in [2.24, 2.45) is 5.73 Å². The normalized spacial score (nSPS) is 20.9. The summed E-state index contributed by atoms with van der Waals surface area (Å²) in [6, 6.07) is -0.0395. The number of aryl methyl sites for hydroxylation is 1. The molecule has 0 spiro atoms. The van der Waals surface area contributed by atoms with Gasteiger partial charge in [0.1, 0.15) is 6.33 Å². The maximum Gasteiger partial charge on any atom is 0.200 e. The van der Waals surface area contributed by atoms with Gasteiger partial charge >= 0.3 is 0 Å². The molecule has 132 valence electrons. The smallest absolute Gasteiger partial charge is 0.200 e. The molecule has 1 aliphatic rings. The molecule has 25 heavy (non-hydrogen) atoms. The largest absolute Gasteiger partial charge is 0.494 e. The lowest BCUT2D eigenvalue weighted by atomic mass is 9.91. The van der Waals surface area contributed by atoms with Crippen LogP contribution in [0.15, 0.2) is 18.7 Å². The fraction of sp³-hybridized carbons (Fsp3) is 0.412. The molecular weight excluding hydrogens is 323 g/mol. The summed E-state index contributed by atoms with van der Waals surface area (Å²) in [7, 11) is 0. The molecule has 0 bridgehead atoms. The average molecular weight is 344 g/mol. The minimum atomic E-state index is -0.495. The summed E-state index contributed by atoms with van der Waals surface area (Å²) < 4.78 is 16.6. The molecule has 3 heterocycles. The Kier molecular flexibility index (Phi) is 3.84. The van der Waals surface area contributed by atoms with Crippen LogP contribution in [0.1, 0.15) is 31.4 Å². The van der Waals surface area contributed by atoms with Crippen LogP contribution in [0.2, 0.25) is 0 Å². The van der Waals surface area contributed by atoms with Gasteiger partial charge in [-0.3, -0.25) is 4.57 Å². The van der Waals surface area contributed by atoms with Gasteiger partial charge in [0.2, 0.25) is 0 Å². The van der Waals surface area contributed by atoms with E-state index in [1.54, 1.807) is 17.1 Å². The molecular formula is C17H21FN6O. The lowest BCUT2D eigenvalue weighted by molar-refractivity contribution is 0.402. The Balaban J connectivity index is 1.83. The molecule has 1 saturated carbocycles. The third-order valence-electron chi connectivity index (χ3n) is 4.84. The lowest BCUT2D eigenvalue weighted by Crippen LogP contribution is -2.43. The van der Waals surface area contributed by atoms with Crippen molar-refractivity contribution >= 4 is 16.6 Å². The average Bonchev–Trinajstić information content (AvgIpc) is 3.19. The summed E-state index contributed by atoms with van der Waals surface area (Å²) in [5, 5.41) is 13.9. The number of fused-ring (bicyclic) bond motifs is 1. The van der Waals surface area contributed by atoms with Crippen molar-refractivity contribution < 1.29 is 9.50 Å². The van der Waals surface area contributed by atoms with E-state index in [1.807, 2.05) is 6.92 Å². The number of H-pyrrole nitrogens is 1. The molecule has 7 nitrogen and oxygen atoms in total. The van der Waals surface area contributed by atoms with Gasteiger partial charge in [-0.25, -0.2) is 14.4 Å². The molecule has 4 rings (SSSR count). The van der Waals surface area contributed by atoms with Gasteiger partial charge in [0.25, 0.3) is 0 Å². The first kappa shape index (κ1) is 15.9. The number of hydrogen-bond donors (Lipinski definition) is 4. The Morgan fingerprint density at radius 3 is 2.92 bits per heavy atom. The van der Waals surface area contributed by atoms with Crippen molar-refractivity contribution in [2.75, 3.05) is 5.32 Å².